The first-order valence-corrected chi connectivity index (χ1v) is 6.23. The summed E-state index contributed by atoms with van der Waals surface area (Å²) >= 11 is 1.45. The maximum absolute atomic E-state index is 11.0. The minimum Gasteiger partial charge on any atom is -0.303 e. The molecular formula is C9H13N5O2S. The molecule has 0 spiro atoms. The second-order valence-electron chi connectivity index (χ2n) is 3.80. The van der Waals surface area contributed by atoms with Crippen molar-refractivity contribution in [3.8, 4) is 0 Å². The Hall–Kier alpha value is -1.41. The van der Waals surface area contributed by atoms with Crippen LogP contribution in [0.15, 0.2) is 11.4 Å². The molecule has 2 rings (SSSR count). The summed E-state index contributed by atoms with van der Waals surface area (Å²) in [5.41, 5.74) is 2.10. The molecular weight excluding hydrogens is 242 g/mol. The summed E-state index contributed by atoms with van der Waals surface area (Å²) in [5.74, 6) is 5.27. The lowest BCUT2D eigenvalue weighted by Crippen LogP contribution is -2.12. The van der Waals surface area contributed by atoms with Gasteiger partial charge < -0.3 is 5.43 Å². The van der Waals surface area contributed by atoms with Gasteiger partial charge in [-0.05, 0) is 12.8 Å². The van der Waals surface area contributed by atoms with Crippen LogP contribution in [0.4, 0.5) is 11.5 Å². The molecule has 0 unspecified atom stereocenters. The van der Waals surface area contributed by atoms with E-state index in [4.69, 9.17) is 5.84 Å². The molecule has 17 heavy (non-hydrogen) atoms. The number of nitrogens with two attached hydrogens (primary N) is 1. The summed E-state index contributed by atoms with van der Waals surface area (Å²) < 4.78 is 0. The molecule has 8 heteroatoms. The largest absolute Gasteiger partial charge is 0.344 e. The first-order chi connectivity index (χ1) is 8.22. The topological polar surface area (TPSA) is 107 Å². The van der Waals surface area contributed by atoms with Crippen molar-refractivity contribution in [3.63, 3.8) is 0 Å². The van der Waals surface area contributed by atoms with Crippen LogP contribution in [0.1, 0.15) is 25.7 Å². The molecule has 1 saturated carbocycles. The molecule has 1 heterocycles. The van der Waals surface area contributed by atoms with Gasteiger partial charge in [-0.1, -0.05) is 24.6 Å². The number of hydrogen-bond donors (Lipinski definition) is 2. The fourth-order valence-corrected chi connectivity index (χ4v) is 3.16. The van der Waals surface area contributed by atoms with Gasteiger partial charge in [0.05, 0.1) is 4.92 Å². The monoisotopic (exact) mass is 255 g/mol. The number of rotatable bonds is 4. The van der Waals surface area contributed by atoms with Gasteiger partial charge in [0, 0.05) is 5.25 Å². The first-order valence-electron chi connectivity index (χ1n) is 5.35. The van der Waals surface area contributed by atoms with Crippen molar-refractivity contribution in [2.24, 2.45) is 5.84 Å². The van der Waals surface area contributed by atoms with E-state index in [1.54, 1.807) is 0 Å². The summed E-state index contributed by atoms with van der Waals surface area (Å²) in [4.78, 5) is 18.2. The highest BCUT2D eigenvalue weighted by Crippen LogP contribution is 2.39. The molecule has 1 aromatic rings. The number of nitrogens with zero attached hydrogens (tertiary/aromatic N) is 3. The summed E-state index contributed by atoms with van der Waals surface area (Å²) in [7, 11) is 0. The number of hydrazine groups is 1. The minimum absolute atomic E-state index is 0.0606. The van der Waals surface area contributed by atoms with Gasteiger partial charge in [0.2, 0.25) is 5.82 Å². The Morgan fingerprint density at radius 3 is 2.76 bits per heavy atom. The third kappa shape index (κ3) is 2.64. The Balaban J connectivity index is 2.28. The zero-order valence-electron chi connectivity index (χ0n) is 9.13. The van der Waals surface area contributed by atoms with Crippen LogP contribution < -0.4 is 11.3 Å². The highest BCUT2D eigenvalue weighted by atomic mass is 32.2. The van der Waals surface area contributed by atoms with Gasteiger partial charge in [-0.2, -0.15) is 0 Å². The molecule has 0 saturated heterocycles. The number of hydrogen-bond acceptors (Lipinski definition) is 7. The van der Waals surface area contributed by atoms with Gasteiger partial charge in [0.1, 0.15) is 6.33 Å². The van der Waals surface area contributed by atoms with Crippen molar-refractivity contribution < 1.29 is 4.92 Å². The van der Waals surface area contributed by atoms with Crippen molar-refractivity contribution >= 4 is 23.3 Å². The van der Waals surface area contributed by atoms with Gasteiger partial charge >= 0.3 is 5.69 Å². The van der Waals surface area contributed by atoms with Crippen molar-refractivity contribution in [2.45, 2.75) is 36.0 Å². The Bertz CT molecular complexity index is 422. The Kier molecular flexibility index (Phi) is 3.75. The number of nitrogens with one attached hydrogen (secondary N) is 1. The zero-order valence-corrected chi connectivity index (χ0v) is 9.94. The van der Waals surface area contributed by atoms with E-state index in [2.05, 4.69) is 15.4 Å². The second kappa shape index (κ2) is 5.28. The predicted molar refractivity (Wildman–Crippen MR) is 64.6 cm³/mol. The lowest BCUT2D eigenvalue weighted by molar-refractivity contribution is -0.387. The molecule has 7 nitrogen and oxygen atoms in total. The van der Waals surface area contributed by atoms with E-state index in [9.17, 15) is 10.1 Å². The smallest absolute Gasteiger partial charge is 0.303 e. The first kappa shape index (κ1) is 12.1. The number of nitro groups is 1. The molecule has 0 bridgehead atoms. The number of nitrogen functional groups attached to an aromatic ring is 1. The fraction of sp³-hybridized carbons (Fsp3) is 0.556. The van der Waals surface area contributed by atoms with Gasteiger partial charge in [-0.3, -0.25) is 10.1 Å². The standard InChI is InChI=1S/C9H13N5O2S/c10-13-8-7(14(15)16)9(12-5-11-8)17-6-3-1-2-4-6/h5-6H,1-4,10H2,(H,11,12,13). The van der Waals surface area contributed by atoms with Gasteiger partial charge in [-0.15, -0.1) is 0 Å². The average Bonchev–Trinajstić information content (AvgIpc) is 2.81. The van der Waals surface area contributed by atoms with E-state index < -0.39 is 4.92 Å². The average molecular weight is 255 g/mol. The van der Waals surface area contributed by atoms with E-state index in [0.717, 1.165) is 12.8 Å². The highest BCUT2D eigenvalue weighted by Gasteiger charge is 2.26. The summed E-state index contributed by atoms with van der Waals surface area (Å²) in [6.45, 7) is 0. The number of aromatic nitrogens is 2. The molecule has 1 aliphatic carbocycles. The summed E-state index contributed by atoms with van der Waals surface area (Å²) in [6.07, 6.45) is 5.81. The molecule has 3 N–H and O–H groups in total. The number of thioether (sulfide) groups is 1. The summed E-state index contributed by atoms with van der Waals surface area (Å²) in [5, 5.41) is 11.8. The van der Waals surface area contributed by atoms with Gasteiger partial charge in [0.15, 0.2) is 5.03 Å². The SMILES string of the molecule is NNc1ncnc(SC2CCCC2)c1[N+](=O)[O-]. The van der Waals surface area contributed by atoms with E-state index in [1.165, 1.54) is 30.9 Å². The summed E-state index contributed by atoms with van der Waals surface area (Å²) in [6, 6.07) is 0. The van der Waals surface area contributed by atoms with Crippen LogP contribution in [0.3, 0.4) is 0 Å². The van der Waals surface area contributed by atoms with E-state index in [0.29, 0.717) is 10.3 Å². The molecule has 0 amide bonds. The Labute approximate surface area is 102 Å². The molecule has 1 fully saturated rings. The maximum atomic E-state index is 11.0. The fourth-order valence-electron chi connectivity index (χ4n) is 1.88. The maximum Gasteiger partial charge on any atom is 0.344 e. The van der Waals surface area contributed by atoms with Gasteiger partial charge in [0.25, 0.3) is 0 Å². The molecule has 1 aliphatic rings. The van der Waals surface area contributed by atoms with Crippen molar-refractivity contribution in [2.75, 3.05) is 5.43 Å². The third-order valence-corrected chi connectivity index (χ3v) is 4.02. The zero-order chi connectivity index (χ0) is 12.3. The molecule has 0 aliphatic heterocycles. The van der Waals surface area contributed by atoms with Crippen LogP contribution in [-0.2, 0) is 0 Å². The van der Waals surface area contributed by atoms with E-state index in [-0.39, 0.29) is 11.5 Å². The predicted octanol–water partition coefficient (Wildman–Crippen LogP) is 1.71. The Morgan fingerprint density at radius 1 is 1.47 bits per heavy atom. The van der Waals surface area contributed by atoms with E-state index in [1.807, 2.05) is 0 Å². The Morgan fingerprint density at radius 2 is 2.18 bits per heavy atom. The van der Waals surface area contributed by atoms with Crippen LogP contribution in [0, 0.1) is 10.1 Å². The normalized spacial score (nSPS) is 16.1. The van der Waals surface area contributed by atoms with Crippen LogP contribution in [-0.4, -0.2) is 20.1 Å². The van der Waals surface area contributed by atoms with Gasteiger partial charge in [-0.25, -0.2) is 15.8 Å². The van der Waals surface area contributed by atoms with Crippen LogP contribution >= 0.6 is 11.8 Å². The van der Waals surface area contributed by atoms with Crippen LogP contribution in [0.25, 0.3) is 0 Å². The van der Waals surface area contributed by atoms with Crippen LogP contribution in [0.2, 0.25) is 0 Å². The molecule has 0 radical (unpaired) electrons. The quantitative estimate of drug-likeness (QED) is 0.365. The molecule has 1 aromatic heterocycles. The number of anilines is 1. The van der Waals surface area contributed by atoms with Crippen molar-refractivity contribution in [3.05, 3.63) is 16.4 Å². The van der Waals surface area contributed by atoms with Crippen molar-refractivity contribution in [1.82, 2.24) is 9.97 Å². The second-order valence-corrected chi connectivity index (χ2v) is 5.09. The molecule has 92 valence electrons. The lowest BCUT2D eigenvalue weighted by Gasteiger charge is -2.09. The lowest BCUT2D eigenvalue weighted by atomic mass is 10.4. The molecule has 0 atom stereocenters. The van der Waals surface area contributed by atoms with Crippen molar-refractivity contribution in [1.29, 1.82) is 0 Å². The molecule has 0 aromatic carbocycles. The van der Waals surface area contributed by atoms with Crippen LogP contribution in [0.5, 0.6) is 0 Å². The highest BCUT2D eigenvalue weighted by molar-refractivity contribution is 8.00. The minimum atomic E-state index is -0.494. The third-order valence-electron chi connectivity index (χ3n) is 2.69. The van der Waals surface area contributed by atoms with E-state index >= 15 is 0 Å².